The Morgan fingerprint density at radius 1 is 1.14 bits per heavy atom. The number of amides is 2. The number of halogens is 1. The van der Waals surface area contributed by atoms with E-state index in [1.807, 2.05) is 11.8 Å². The fourth-order valence-corrected chi connectivity index (χ4v) is 2.47. The molecule has 2 N–H and O–H groups in total. The van der Waals surface area contributed by atoms with Crippen LogP contribution in [0.2, 0.25) is 0 Å². The minimum atomic E-state index is -0.0118. The van der Waals surface area contributed by atoms with Crippen LogP contribution in [0.3, 0.4) is 0 Å². The summed E-state index contributed by atoms with van der Waals surface area (Å²) in [5.74, 6) is 0.799. The van der Waals surface area contributed by atoms with Crippen LogP contribution in [0, 0.1) is 5.92 Å². The van der Waals surface area contributed by atoms with Gasteiger partial charge in [-0.3, -0.25) is 9.59 Å². The second-order valence-corrected chi connectivity index (χ2v) is 5.48. The maximum absolute atomic E-state index is 12.0. The monoisotopic (exact) mass is 319 g/mol. The summed E-state index contributed by atoms with van der Waals surface area (Å²) in [6.07, 6.45) is 3.73. The molecule has 21 heavy (non-hydrogen) atoms. The molecule has 6 heteroatoms. The summed E-state index contributed by atoms with van der Waals surface area (Å²) < 4.78 is 0. The summed E-state index contributed by atoms with van der Waals surface area (Å²) in [5.41, 5.74) is 0. The zero-order valence-electron chi connectivity index (χ0n) is 13.3. The lowest BCUT2D eigenvalue weighted by Crippen LogP contribution is -2.41. The van der Waals surface area contributed by atoms with E-state index in [-0.39, 0.29) is 24.2 Å². The van der Waals surface area contributed by atoms with Crippen molar-refractivity contribution in [3.63, 3.8) is 0 Å². The van der Waals surface area contributed by atoms with Gasteiger partial charge in [0, 0.05) is 32.5 Å². The molecule has 1 rings (SSSR count). The first-order valence-corrected chi connectivity index (χ1v) is 7.92. The minimum Gasteiger partial charge on any atom is -0.356 e. The van der Waals surface area contributed by atoms with Crippen molar-refractivity contribution in [3.8, 4) is 0 Å². The van der Waals surface area contributed by atoms with Gasteiger partial charge in [0.25, 0.3) is 0 Å². The van der Waals surface area contributed by atoms with Crippen molar-refractivity contribution in [1.82, 2.24) is 15.5 Å². The van der Waals surface area contributed by atoms with E-state index in [1.54, 1.807) is 0 Å². The van der Waals surface area contributed by atoms with Gasteiger partial charge >= 0.3 is 0 Å². The first kappa shape index (κ1) is 20.2. The van der Waals surface area contributed by atoms with Gasteiger partial charge in [-0.2, -0.15) is 0 Å². The van der Waals surface area contributed by atoms with Gasteiger partial charge < -0.3 is 15.5 Å². The molecule has 0 atom stereocenters. The number of hydrogen-bond acceptors (Lipinski definition) is 3. The van der Waals surface area contributed by atoms with E-state index in [0.29, 0.717) is 25.3 Å². The van der Waals surface area contributed by atoms with Crippen LogP contribution in [0.25, 0.3) is 0 Å². The highest BCUT2D eigenvalue weighted by atomic mass is 35.5. The van der Waals surface area contributed by atoms with Gasteiger partial charge in [-0.05, 0) is 38.3 Å². The number of nitrogens with zero attached hydrogens (tertiary/aromatic N) is 1. The number of hydrogen-bond donors (Lipinski definition) is 2. The third kappa shape index (κ3) is 8.27. The van der Waals surface area contributed by atoms with E-state index >= 15 is 0 Å². The molecule has 0 aliphatic carbocycles. The van der Waals surface area contributed by atoms with Crippen LogP contribution < -0.4 is 10.6 Å². The van der Waals surface area contributed by atoms with Crippen LogP contribution in [-0.2, 0) is 9.59 Å². The molecule has 0 aromatic heterocycles. The lowest BCUT2D eigenvalue weighted by molar-refractivity contribution is -0.134. The van der Waals surface area contributed by atoms with Crippen molar-refractivity contribution in [2.24, 2.45) is 5.92 Å². The smallest absolute Gasteiger partial charge is 0.223 e. The average molecular weight is 320 g/mol. The quantitative estimate of drug-likeness (QED) is 0.714. The van der Waals surface area contributed by atoms with Crippen molar-refractivity contribution < 1.29 is 9.59 Å². The second-order valence-electron chi connectivity index (χ2n) is 5.48. The summed E-state index contributed by atoms with van der Waals surface area (Å²) >= 11 is 0. The molecule has 1 saturated heterocycles. The molecule has 0 radical (unpaired) electrons. The van der Waals surface area contributed by atoms with Gasteiger partial charge in [-0.1, -0.05) is 13.8 Å². The zero-order chi connectivity index (χ0) is 14.8. The third-order valence-electron chi connectivity index (χ3n) is 3.79. The number of likely N-dealkylation sites (tertiary alicyclic amines) is 1. The van der Waals surface area contributed by atoms with Crippen LogP contribution in [-0.4, -0.2) is 49.4 Å². The summed E-state index contributed by atoms with van der Waals surface area (Å²) in [5, 5.41) is 6.17. The van der Waals surface area contributed by atoms with Gasteiger partial charge in [-0.15, -0.1) is 12.4 Å². The lowest BCUT2D eigenvalue weighted by atomic mass is 9.96. The topological polar surface area (TPSA) is 61.4 Å². The van der Waals surface area contributed by atoms with Gasteiger partial charge in [0.05, 0.1) is 0 Å². The fraction of sp³-hybridized carbons (Fsp3) is 0.867. The van der Waals surface area contributed by atoms with E-state index in [1.165, 1.54) is 0 Å². The zero-order valence-corrected chi connectivity index (χ0v) is 14.1. The molecular weight excluding hydrogens is 290 g/mol. The van der Waals surface area contributed by atoms with Crippen LogP contribution in [0.5, 0.6) is 0 Å². The predicted molar refractivity (Wildman–Crippen MR) is 87.6 cm³/mol. The van der Waals surface area contributed by atoms with Gasteiger partial charge in [0.15, 0.2) is 0 Å². The third-order valence-corrected chi connectivity index (χ3v) is 3.79. The molecule has 1 aliphatic heterocycles. The lowest BCUT2D eigenvalue weighted by Gasteiger charge is -2.32. The Bertz CT molecular complexity index is 305. The first-order valence-electron chi connectivity index (χ1n) is 7.92. The van der Waals surface area contributed by atoms with Crippen LogP contribution >= 0.6 is 12.4 Å². The molecular formula is C15H30ClN3O2. The van der Waals surface area contributed by atoms with E-state index in [0.717, 1.165) is 45.4 Å². The largest absolute Gasteiger partial charge is 0.356 e. The van der Waals surface area contributed by atoms with E-state index in [4.69, 9.17) is 0 Å². The maximum Gasteiger partial charge on any atom is 0.223 e. The molecule has 0 aromatic rings. The molecule has 0 unspecified atom stereocenters. The normalized spacial score (nSPS) is 15.4. The van der Waals surface area contributed by atoms with Crippen molar-refractivity contribution in [1.29, 1.82) is 0 Å². The number of carbonyl (C=O) groups excluding carboxylic acids is 2. The van der Waals surface area contributed by atoms with E-state index in [9.17, 15) is 9.59 Å². The molecule has 0 bridgehead atoms. The second kappa shape index (κ2) is 11.8. The Morgan fingerprint density at radius 2 is 1.81 bits per heavy atom. The summed E-state index contributed by atoms with van der Waals surface area (Å²) in [7, 11) is 0. The number of piperidine rings is 1. The van der Waals surface area contributed by atoms with Crippen molar-refractivity contribution >= 4 is 24.2 Å². The Labute approximate surface area is 134 Å². The van der Waals surface area contributed by atoms with Crippen molar-refractivity contribution in [2.75, 3.05) is 32.7 Å². The molecule has 0 aromatic carbocycles. The van der Waals surface area contributed by atoms with Crippen LogP contribution in [0.4, 0.5) is 0 Å². The highest BCUT2D eigenvalue weighted by Crippen LogP contribution is 2.17. The molecule has 5 nitrogen and oxygen atoms in total. The summed E-state index contributed by atoms with van der Waals surface area (Å²) in [6.45, 7) is 8.56. The summed E-state index contributed by atoms with van der Waals surface area (Å²) in [6, 6.07) is 0. The molecule has 0 saturated carbocycles. The predicted octanol–water partition coefficient (Wildman–Crippen LogP) is 1.56. The van der Waals surface area contributed by atoms with Gasteiger partial charge in [-0.25, -0.2) is 0 Å². The minimum absolute atomic E-state index is 0. The Kier molecular flexibility index (Phi) is 11.4. The van der Waals surface area contributed by atoms with E-state index < -0.39 is 0 Å². The van der Waals surface area contributed by atoms with Crippen molar-refractivity contribution in [2.45, 2.75) is 46.0 Å². The maximum atomic E-state index is 12.0. The molecule has 0 spiro atoms. The molecule has 124 valence electrons. The number of nitrogens with one attached hydrogen (secondary N) is 2. The van der Waals surface area contributed by atoms with E-state index in [2.05, 4.69) is 17.6 Å². The van der Waals surface area contributed by atoms with Gasteiger partial charge in [0.1, 0.15) is 0 Å². The standard InChI is InChI=1S/C15H29N3O2.ClH/c1-3-9-17-14(19)5-6-15(20)18-10-7-13(8-11-18)12-16-4-2;/h13,16H,3-12H2,1-2H3,(H,17,19);1H. The number of carbonyl (C=O) groups is 2. The van der Waals surface area contributed by atoms with Crippen LogP contribution in [0.1, 0.15) is 46.0 Å². The molecule has 2 amide bonds. The first-order chi connectivity index (χ1) is 9.67. The molecule has 1 aliphatic rings. The number of rotatable bonds is 8. The van der Waals surface area contributed by atoms with Gasteiger partial charge in [0.2, 0.25) is 11.8 Å². The summed E-state index contributed by atoms with van der Waals surface area (Å²) in [4.78, 5) is 25.4. The SMILES string of the molecule is CCCNC(=O)CCC(=O)N1CCC(CNCC)CC1.Cl. The molecule has 1 fully saturated rings. The van der Waals surface area contributed by atoms with Crippen molar-refractivity contribution in [3.05, 3.63) is 0 Å². The molecule has 1 heterocycles. The Hall–Kier alpha value is -0.810. The Morgan fingerprint density at radius 3 is 2.38 bits per heavy atom. The average Bonchev–Trinajstić information content (AvgIpc) is 2.49. The Balaban J connectivity index is 0.00000400. The highest BCUT2D eigenvalue weighted by Gasteiger charge is 2.22. The highest BCUT2D eigenvalue weighted by molar-refractivity contribution is 5.85. The fourth-order valence-electron chi connectivity index (χ4n) is 2.47. The van der Waals surface area contributed by atoms with Crippen LogP contribution in [0.15, 0.2) is 0 Å².